The van der Waals surface area contributed by atoms with Crippen molar-refractivity contribution in [2.24, 2.45) is 5.92 Å². The van der Waals surface area contributed by atoms with Gasteiger partial charge in [0.15, 0.2) is 5.60 Å². The molecule has 2 amide bonds. The monoisotopic (exact) mass is 661 g/mol. The minimum absolute atomic E-state index is 0.0789. The molecule has 0 aliphatic carbocycles. The van der Waals surface area contributed by atoms with E-state index >= 15 is 0 Å². The number of hydrogen-bond acceptors (Lipinski definition) is 6. The highest BCUT2D eigenvalue weighted by Crippen LogP contribution is 2.51. The Hall–Kier alpha value is -5.90. The van der Waals surface area contributed by atoms with Crippen LogP contribution in [0.5, 0.6) is 0 Å². The van der Waals surface area contributed by atoms with Crippen molar-refractivity contribution in [3.8, 4) is 0 Å². The highest BCUT2D eigenvalue weighted by Gasteiger charge is 2.53. The third-order valence-electron chi connectivity index (χ3n) is 9.90. The highest BCUT2D eigenvalue weighted by molar-refractivity contribution is 6.28. The molecule has 6 aromatic rings. The van der Waals surface area contributed by atoms with Crippen LogP contribution in [0.4, 0.5) is 22.7 Å². The molecule has 1 aromatic heterocycles. The van der Waals surface area contributed by atoms with Gasteiger partial charge in [-0.05, 0) is 59.8 Å². The zero-order valence-corrected chi connectivity index (χ0v) is 27.4. The van der Waals surface area contributed by atoms with E-state index in [1.807, 2.05) is 134 Å². The van der Waals surface area contributed by atoms with Crippen molar-refractivity contribution in [3.05, 3.63) is 156 Å². The molecular weight excluding hydrogens is 626 g/mol. The number of fused-ring (bicyclic) bond motifs is 1. The number of allylic oxidation sites excluding steroid dienone is 1. The normalized spacial score (nSPS) is 18.0. The largest absolute Gasteiger partial charge is 0.395 e. The van der Waals surface area contributed by atoms with Crippen LogP contribution in [0, 0.1) is 5.92 Å². The van der Waals surface area contributed by atoms with E-state index in [0.29, 0.717) is 46.8 Å². The first kappa shape index (κ1) is 31.4. The molecule has 0 saturated heterocycles. The molecule has 2 aliphatic heterocycles. The van der Waals surface area contributed by atoms with E-state index in [4.69, 9.17) is 0 Å². The molecule has 248 valence electrons. The number of carbonyl (C=O) groups excluding carboxylic acids is 2. The highest BCUT2D eigenvalue weighted by atomic mass is 16.3. The summed E-state index contributed by atoms with van der Waals surface area (Å²) in [6.45, 7) is 2.27. The lowest BCUT2D eigenvalue weighted by Crippen LogP contribution is -2.42. The molecule has 0 spiro atoms. The first-order valence-corrected chi connectivity index (χ1v) is 16.8. The number of para-hydroxylation sites is 1. The summed E-state index contributed by atoms with van der Waals surface area (Å²) in [4.78, 5) is 31.4. The Labute approximate surface area is 289 Å². The Morgan fingerprint density at radius 2 is 1.56 bits per heavy atom. The van der Waals surface area contributed by atoms with E-state index in [0.717, 1.165) is 22.0 Å². The van der Waals surface area contributed by atoms with Gasteiger partial charge in [-0.1, -0.05) is 97.1 Å². The molecule has 3 atom stereocenters. The molecule has 2 aliphatic rings. The maximum atomic E-state index is 14.3. The van der Waals surface area contributed by atoms with Crippen molar-refractivity contribution in [1.29, 1.82) is 0 Å². The molecule has 9 heteroatoms. The van der Waals surface area contributed by atoms with Crippen molar-refractivity contribution in [1.82, 2.24) is 15.0 Å². The van der Waals surface area contributed by atoms with Crippen LogP contribution < -0.4 is 9.80 Å². The number of hydrogen-bond donors (Lipinski definition) is 2. The van der Waals surface area contributed by atoms with Gasteiger partial charge in [0.05, 0.1) is 35.2 Å². The first-order chi connectivity index (χ1) is 24.4. The number of benzene rings is 5. The molecule has 0 bridgehead atoms. The maximum Gasteiger partial charge on any atom is 0.268 e. The lowest BCUT2D eigenvalue weighted by atomic mass is 9.82. The van der Waals surface area contributed by atoms with E-state index in [-0.39, 0.29) is 18.4 Å². The minimum atomic E-state index is -1.90. The molecule has 2 N–H and O–H groups in total. The minimum Gasteiger partial charge on any atom is -0.395 e. The molecule has 0 saturated carbocycles. The number of amides is 2. The van der Waals surface area contributed by atoms with Crippen molar-refractivity contribution < 1.29 is 19.8 Å². The van der Waals surface area contributed by atoms with Crippen LogP contribution in [-0.2, 0) is 16.9 Å². The Morgan fingerprint density at radius 1 is 0.820 bits per heavy atom. The Bertz CT molecular complexity index is 2260. The third kappa shape index (κ3) is 5.01. The fraction of sp³-hybridized carbons (Fsp3) is 0.171. The second-order valence-corrected chi connectivity index (χ2v) is 12.8. The van der Waals surface area contributed by atoms with Crippen LogP contribution >= 0.6 is 0 Å². The van der Waals surface area contributed by atoms with Crippen LogP contribution in [-0.4, -0.2) is 43.6 Å². The van der Waals surface area contributed by atoms with E-state index in [2.05, 4.69) is 10.3 Å². The molecule has 0 fully saturated rings. The molecule has 0 radical (unpaired) electrons. The zero-order chi connectivity index (χ0) is 34.4. The summed E-state index contributed by atoms with van der Waals surface area (Å²) in [6.07, 6.45) is 6.21. The van der Waals surface area contributed by atoms with Gasteiger partial charge in [0.1, 0.15) is 0 Å². The summed E-state index contributed by atoms with van der Waals surface area (Å²) in [5.41, 5.74) is 3.38. The van der Waals surface area contributed by atoms with E-state index in [1.54, 1.807) is 20.5 Å². The van der Waals surface area contributed by atoms with Gasteiger partial charge < -0.3 is 10.2 Å². The molecule has 9 nitrogen and oxygen atoms in total. The summed E-state index contributed by atoms with van der Waals surface area (Å²) in [5, 5.41) is 33.0. The Kier molecular flexibility index (Phi) is 7.86. The molecule has 1 unspecified atom stereocenters. The summed E-state index contributed by atoms with van der Waals surface area (Å²) < 4.78 is 1.73. The van der Waals surface area contributed by atoms with Crippen LogP contribution in [0.2, 0.25) is 0 Å². The Balaban J connectivity index is 1.09. The van der Waals surface area contributed by atoms with Gasteiger partial charge in [-0.3, -0.25) is 24.1 Å². The lowest BCUT2D eigenvalue weighted by molar-refractivity contribution is -0.138. The van der Waals surface area contributed by atoms with Gasteiger partial charge in [-0.15, -0.1) is 5.10 Å². The smallest absolute Gasteiger partial charge is 0.268 e. The van der Waals surface area contributed by atoms with Crippen LogP contribution in [0.25, 0.3) is 10.8 Å². The quantitative estimate of drug-likeness (QED) is 0.153. The van der Waals surface area contributed by atoms with Gasteiger partial charge in [-0.2, -0.15) is 0 Å². The summed E-state index contributed by atoms with van der Waals surface area (Å²) in [5.74, 6) is -1.49. The van der Waals surface area contributed by atoms with E-state index in [1.165, 1.54) is 0 Å². The van der Waals surface area contributed by atoms with Crippen LogP contribution in [0.3, 0.4) is 0 Å². The first-order valence-electron chi connectivity index (χ1n) is 16.8. The van der Waals surface area contributed by atoms with Gasteiger partial charge in [0.25, 0.3) is 11.8 Å². The predicted molar refractivity (Wildman–Crippen MR) is 193 cm³/mol. The van der Waals surface area contributed by atoms with Gasteiger partial charge in [0.2, 0.25) is 0 Å². The summed E-state index contributed by atoms with van der Waals surface area (Å²) >= 11 is 0. The fourth-order valence-corrected chi connectivity index (χ4v) is 7.29. The second-order valence-electron chi connectivity index (χ2n) is 12.8. The van der Waals surface area contributed by atoms with Gasteiger partial charge in [-0.25, -0.2) is 0 Å². The molecule has 3 heterocycles. The average molecular weight is 662 g/mol. The zero-order valence-electron chi connectivity index (χ0n) is 27.4. The number of aryl methyl sites for hydroxylation is 1. The summed E-state index contributed by atoms with van der Waals surface area (Å²) in [6, 6.07) is 36.0. The van der Waals surface area contributed by atoms with Crippen molar-refractivity contribution in [2.75, 3.05) is 16.4 Å². The van der Waals surface area contributed by atoms with E-state index in [9.17, 15) is 19.8 Å². The fourth-order valence-electron chi connectivity index (χ4n) is 7.29. The Morgan fingerprint density at radius 3 is 2.32 bits per heavy atom. The molecule has 8 rings (SSSR count). The van der Waals surface area contributed by atoms with Gasteiger partial charge >= 0.3 is 0 Å². The molecule has 5 aromatic carbocycles. The topological polar surface area (TPSA) is 112 Å². The van der Waals surface area contributed by atoms with Crippen LogP contribution in [0.15, 0.2) is 134 Å². The molecular formula is C41H35N5O4. The number of anilines is 4. The van der Waals surface area contributed by atoms with Gasteiger partial charge in [0, 0.05) is 41.0 Å². The van der Waals surface area contributed by atoms with Crippen molar-refractivity contribution >= 4 is 45.3 Å². The third-order valence-corrected chi connectivity index (χ3v) is 9.90. The number of aliphatic hydroxyl groups excluding tert-OH is 1. The predicted octanol–water partition coefficient (Wildman–Crippen LogP) is 7.00. The molecule has 50 heavy (non-hydrogen) atoms. The average Bonchev–Trinajstić information content (AvgIpc) is 3.80. The maximum absolute atomic E-state index is 14.3. The van der Waals surface area contributed by atoms with Crippen LogP contribution in [0.1, 0.15) is 46.4 Å². The number of carbonyl (C=O) groups is 2. The van der Waals surface area contributed by atoms with Crippen molar-refractivity contribution in [2.45, 2.75) is 31.4 Å². The standard InChI is InChI=1S/C41H35N5O4/c1-27(12-8-9-23-44-25-35(42-43-44)33(26-47)28-13-4-2-5-14-28)41(50)34-24-31(21-22-36(34)46(40(41)49)30-17-6-3-7-18-30)45-37-20-11-16-29-15-10-19-32(38(29)37)39(45)48/h2-8,10-22,24-25,27,33,47,50H,9,23,26H2,1H3/b12-8+/t27-,33?,41+/m1/s1. The van der Waals surface area contributed by atoms with Crippen molar-refractivity contribution in [3.63, 3.8) is 0 Å². The number of aliphatic hydroxyl groups is 2. The summed E-state index contributed by atoms with van der Waals surface area (Å²) in [7, 11) is 0. The number of rotatable bonds is 10. The van der Waals surface area contributed by atoms with E-state index < -0.39 is 17.4 Å². The number of nitrogens with zero attached hydrogens (tertiary/aromatic N) is 5. The SMILES string of the molecule is C[C@H](/C=C/CCn1cc(C(CO)c2ccccc2)nn1)[C@@]1(O)C(=O)N(c2ccccc2)c2ccc(N3C(=O)c4cccc5cccc3c45)cc21. The second kappa shape index (κ2) is 12.5. The lowest BCUT2D eigenvalue weighted by Gasteiger charge is -2.28. The number of aromatic nitrogens is 3.